The minimum atomic E-state index is -0.281. The summed E-state index contributed by atoms with van der Waals surface area (Å²) in [6.45, 7) is 39.5. The summed E-state index contributed by atoms with van der Waals surface area (Å²) in [5, 5.41) is 6.48. The fourth-order valence-corrected chi connectivity index (χ4v) is 11.9. The van der Waals surface area contributed by atoms with Gasteiger partial charge >= 0.3 is 0 Å². The van der Waals surface area contributed by atoms with E-state index in [1.807, 2.05) is 0 Å². The number of benzene rings is 8. The molecule has 0 atom stereocenters. The van der Waals surface area contributed by atoms with Crippen molar-refractivity contribution in [2.75, 3.05) is 9.80 Å². The first-order valence-electron chi connectivity index (χ1n) is 27.1. The molecule has 8 aromatic carbocycles. The molecule has 11 rings (SSSR count). The summed E-state index contributed by atoms with van der Waals surface area (Å²) >= 11 is 0. The largest absolute Gasteiger partial charge is 0.310 e. The van der Waals surface area contributed by atoms with Crippen LogP contribution in [0.25, 0.3) is 49.2 Å². The number of aromatic nitrogens is 1. The number of hydrogen-bond donors (Lipinski definition) is 0. The molecule has 0 unspecified atom stereocenters. The lowest BCUT2D eigenvalue weighted by Gasteiger charge is -2.30. The maximum atomic E-state index is 2.67. The molecule has 376 valence electrons. The molecule has 10 aromatic rings. The Hall–Kier alpha value is -6.84. The van der Waals surface area contributed by atoms with Crippen LogP contribution >= 0.6 is 0 Å². The first-order valence-corrected chi connectivity index (χ1v) is 27.1. The summed E-state index contributed by atoms with van der Waals surface area (Å²) in [4.78, 5) is 4.89. The van der Waals surface area contributed by atoms with Crippen molar-refractivity contribution in [1.29, 1.82) is 0 Å². The molecule has 0 saturated carbocycles. The van der Waals surface area contributed by atoms with Crippen LogP contribution in [0.5, 0.6) is 0 Å². The Balaban J connectivity index is 1.12. The molecular weight excluding hydrogens is 895 g/mol. The van der Waals surface area contributed by atoms with Crippen LogP contribution in [0, 0.1) is 0 Å². The van der Waals surface area contributed by atoms with E-state index in [1.54, 1.807) is 0 Å². The SMILES string of the molecule is CC(C)(C)c1ccc(N(c2ccc(C(C)(C)C)cc2)c2ccc3c(c2)C(C)(C)c2c-3n3c4c2cc(C(C)(C)C)cc4c2ccc4cc(N(c5ccc(C(C)(C)C)cc5)c5ccc(C(C)(C)C)cc5)ccc4c23)cc1. The van der Waals surface area contributed by atoms with E-state index >= 15 is 0 Å². The predicted molar refractivity (Wildman–Crippen MR) is 322 cm³/mol. The van der Waals surface area contributed by atoms with E-state index in [9.17, 15) is 0 Å². The summed E-state index contributed by atoms with van der Waals surface area (Å²) in [5.41, 5.74) is 21.5. The number of hydrogen-bond acceptors (Lipinski definition) is 2. The molecular formula is C71H77N3. The van der Waals surface area contributed by atoms with Crippen molar-refractivity contribution >= 4 is 72.1 Å². The molecule has 3 heteroatoms. The highest BCUT2D eigenvalue weighted by atomic mass is 15.1. The smallest absolute Gasteiger partial charge is 0.0620 e. The molecule has 0 N–H and O–H groups in total. The molecule has 0 amide bonds. The highest BCUT2D eigenvalue weighted by molar-refractivity contribution is 6.24. The second-order valence-electron chi connectivity index (χ2n) is 27.3. The van der Waals surface area contributed by atoms with Crippen molar-refractivity contribution in [3.05, 3.63) is 197 Å². The fraction of sp³-hybridized carbons (Fsp3) is 0.324. The third-order valence-electron chi connectivity index (χ3n) is 16.5. The van der Waals surface area contributed by atoms with Crippen LogP contribution in [0.3, 0.4) is 0 Å². The zero-order valence-electron chi connectivity index (χ0n) is 47.4. The highest BCUT2D eigenvalue weighted by Crippen LogP contribution is 2.57. The molecule has 0 bridgehead atoms. The van der Waals surface area contributed by atoms with Gasteiger partial charge in [-0.15, -0.1) is 0 Å². The second kappa shape index (κ2) is 16.6. The maximum absolute atomic E-state index is 2.67. The monoisotopic (exact) mass is 972 g/mol. The first kappa shape index (κ1) is 49.4. The van der Waals surface area contributed by atoms with Crippen molar-refractivity contribution < 1.29 is 0 Å². The van der Waals surface area contributed by atoms with Gasteiger partial charge in [0.05, 0.1) is 16.7 Å². The Labute approximate surface area is 442 Å². The van der Waals surface area contributed by atoms with E-state index in [4.69, 9.17) is 0 Å². The molecule has 2 heterocycles. The molecule has 1 aliphatic carbocycles. The van der Waals surface area contributed by atoms with Gasteiger partial charge in [-0.05, 0) is 156 Å². The Kier molecular flexibility index (Phi) is 11.1. The summed E-state index contributed by atoms with van der Waals surface area (Å²) in [5.74, 6) is 0. The lowest BCUT2D eigenvalue weighted by molar-refractivity contribution is 0.590. The second-order valence-corrected chi connectivity index (χ2v) is 27.3. The lowest BCUT2D eigenvalue weighted by atomic mass is 9.79. The minimum absolute atomic E-state index is 0.0395. The quantitative estimate of drug-likeness (QED) is 0.164. The van der Waals surface area contributed by atoms with Gasteiger partial charge in [0.2, 0.25) is 0 Å². The van der Waals surface area contributed by atoms with E-state index in [0.29, 0.717) is 0 Å². The minimum Gasteiger partial charge on any atom is -0.310 e. The van der Waals surface area contributed by atoms with E-state index in [-0.39, 0.29) is 32.5 Å². The van der Waals surface area contributed by atoms with Crippen LogP contribution < -0.4 is 9.80 Å². The van der Waals surface area contributed by atoms with E-state index in [2.05, 4.69) is 290 Å². The third kappa shape index (κ3) is 8.08. The summed E-state index contributed by atoms with van der Waals surface area (Å²) in [6, 6.07) is 61.1. The van der Waals surface area contributed by atoms with Crippen molar-refractivity contribution in [3.63, 3.8) is 0 Å². The average molecular weight is 972 g/mol. The Morgan fingerprint density at radius 3 is 1.09 bits per heavy atom. The van der Waals surface area contributed by atoms with Crippen LogP contribution in [-0.4, -0.2) is 4.40 Å². The van der Waals surface area contributed by atoms with Crippen LogP contribution in [0.1, 0.15) is 157 Å². The third-order valence-corrected chi connectivity index (χ3v) is 16.5. The Morgan fingerprint density at radius 2 is 0.676 bits per heavy atom. The maximum Gasteiger partial charge on any atom is 0.0620 e. The van der Waals surface area contributed by atoms with Crippen molar-refractivity contribution in [1.82, 2.24) is 4.40 Å². The topological polar surface area (TPSA) is 10.9 Å². The van der Waals surface area contributed by atoms with Crippen LogP contribution in [-0.2, 0) is 32.5 Å². The van der Waals surface area contributed by atoms with Crippen molar-refractivity contribution in [2.24, 2.45) is 0 Å². The molecule has 74 heavy (non-hydrogen) atoms. The van der Waals surface area contributed by atoms with Gasteiger partial charge in [-0.2, -0.15) is 0 Å². The van der Waals surface area contributed by atoms with Crippen molar-refractivity contribution in [3.8, 4) is 11.3 Å². The molecule has 0 aliphatic heterocycles. The highest BCUT2D eigenvalue weighted by Gasteiger charge is 2.42. The van der Waals surface area contributed by atoms with Crippen LogP contribution in [0.15, 0.2) is 158 Å². The molecule has 0 radical (unpaired) electrons. The summed E-state index contributed by atoms with van der Waals surface area (Å²) in [6.07, 6.45) is 0. The fourth-order valence-electron chi connectivity index (χ4n) is 11.9. The van der Waals surface area contributed by atoms with Gasteiger partial charge in [-0.25, -0.2) is 0 Å². The van der Waals surface area contributed by atoms with Gasteiger partial charge in [0.15, 0.2) is 0 Å². The number of anilines is 6. The van der Waals surface area contributed by atoms with E-state index in [1.165, 1.54) is 93.9 Å². The van der Waals surface area contributed by atoms with Crippen LogP contribution in [0.2, 0.25) is 0 Å². The molecule has 0 spiro atoms. The standard InChI is InChI=1S/C71H77N3/c1-66(2,3)45-19-27-50(28-20-45)72(51-29-21-46(22-30-51)67(4,5)6)54-35-38-56-44(40-54)18-37-57-59-41-49(70(13,14)15)42-60-62-65(74(63(56)57)64(59)60)58-39-36-55(43-61(58)71(62,16)17)73(52-31-23-47(24-32-52)68(7,8)9)53-33-25-48(26-34-53)69(10,11)12/h18-43H,1-17H3. The Morgan fingerprint density at radius 1 is 0.324 bits per heavy atom. The molecule has 0 saturated heterocycles. The van der Waals surface area contributed by atoms with Gasteiger partial charge in [0, 0.05) is 66.6 Å². The van der Waals surface area contributed by atoms with Crippen LogP contribution in [0.4, 0.5) is 34.1 Å². The predicted octanol–water partition coefficient (Wildman–Crippen LogP) is 20.6. The van der Waals surface area contributed by atoms with E-state index in [0.717, 1.165) is 28.4 Å². The zero-order valence-corrected chi connectivity index (χ0v) is 47.4. The molecule has 3 nitrogen and oxygen atoms in total. The van der Waals surface area contributed by atoms with Gasteiger partial charge in [-0.1, -0.05) is 190 Å². The normalized spacial score (nSPS) is 14.1. The van der Waals surface area contributed by atoms with Gasteiger partial charge in [-0.3, -0.25) is 0 Å². The van der Waals surface area contributed by atoms with Crippen molar-refractivity contribution in [2.45, 2.75) is 150 Å². The molecule has 2 aromatic heterocycles. The Bertz CT molecular complexity index is 3660. The summed E-state index contributed by atoms with van der Waals surface area (Å²) in [7, 11) is 0. The zero-order chi connectivity index (χ0) is 52.8. The average Bonchev–Trinajstić information content (AvgIpc) is 3.95. The van der Waals surface area contributed by atoms with Gasteiger partial charge < -0.3 is 14.2 Å². The summed E-state index contributed by atoms with van der Waals surface area (Å²) < 4.78 is 2.67. The van der Waals surface area contributed by atoms with E-state index < -0.39 is 0 Å². The number of fused-ring (bicyclic) bond motifs is 10. The molecule has 1 aliphatic rings. The number of rotatable bonds is 6. The lowest BCUT2D eigenvalue weighted by Crippen LogP contribution is -2.17. The van der Waals surface area contributed by atoms with Gasteiger partial charge in [0.1, 0.15) is 0 Å². The van der Waals surface area contributed by atoms with Gasteiger partial charge in [0.25, 0.3) is 0 Å². The molecule has 0 fully saturated rings. The number of nitrogens with zero attached hydrogens (tertiary/aromatic N) is 3. The first-order chi connectivity index (χ1) is 34.6.